The van der Waals surface area contributed by atoms with E-state index in [2.05, 4.69) is 34.7 Å². The lowest BCUT2D eigenvalue weighted by molar-refractivity contribution is 0.102. The molecule has 5 nitrogen and oxygen atoms in total. The third-order valence-corrected chi connectivity index (χ3v) is 4.98. The molecule has 2 N–H and O–H groups in total. The number of carbonyl (C=O) groups is 1. The number of hydrogen-bond donors (Lipinski definition) is 2. The molecule has 3 rings (SSSR count). The number of amides is 1. The summed E-state index contributed by atoms with van der Waals surface area (Å²) in [6.07, 6.45) is 6.38. The van der Waals surface area contributed by atoms with Gasteiger partial charge in [0.25, 0.3) is 5.91 Å². The second kappa shape index (κ2) is 10.6. The number of hydrogen-bond acceptors (Lipinski definition) is 4. The van der Waals surface area contributed by atoms with Crippen molar-refractivity contribution in [3.8, 4) is 5.75 Å². The summed E-state index contributed by atoms with van der Waals surface area (Å²) >= 11 is 6.06. The van der Waals surface area contributed by atoms with E-state index in [0.717, 1.165) is 12.1 Å². The van der Waals surface area contributed by atoms with Gasteiger partial charge in [0.1, 0.15) is 11.6 Å². The Hall–Kier alpha value is -3.05. The molecule has 156 valence electrons. The molecule has 0 bridgehead atoms. The largest absolute Gasteiger partial charge is 0.495 e. The molecule has 0 saturated carbocycles. The first-order chi connectivity index (χ1) is 14.6. The van der Waals surface area contributed by atoms with Crippen LogP contribution in [0.4, 0.5) is 17.2 Å². The van der Waals surface area contributed by atoms with Gasteiger partial charge in [-0.05, 0) is 60.9 Å². The van der Waals surface area contributed by atoms with Crippen LogP contribution in [-0.2, 0) is 6.42 Å². The fourth-order valence-corrected chi connectivity index (χ4v) is 3.30. The van der Waals surface area contributed by atoms with Crippen molar-refractivity contribution in [3.63, 3.8) is 0 Å². The zero-order valence-electron chi connectivity index (χ0n) is 17.2. The monoisotopic (exact) mass is 423 g/mol. The molecule has 2 aromatic carbocycles. The standard InChI is InChI=1S/C24H26ClN3O2/c1-3-4-5-7-17-9-12-19(13-10-17)27-23-20(8-6-15-26-23)24(29)28-21-16-18(25)11-14-22(21)30-2/h6,8-16H,3-5,7H2,1-2H3,(H,26,27)(H,28,29). The number of rotatable bonds is 9. The van der Waals surface area contributed by atoms with E-state index in [1.165, 1.54) is 24.8 Å². The fraction of sp³-hybridized carbons (Fsp3) is 0.250. The van der Waals surface area contributed by atoms with Crippen molar-refractivity contribution in [1.82, 2.24) is 4.98 Å². The van der Waals surface area contributed by atoms with Crippen LogP contribution in [0.25, 0.3) is 0 Å². The van der Waals surface area contributed by atoms with Crippen molar-refractivity contribution in [2.45, 2.75) is 32.6 Å². The Labute approximate surface area is 182 Å². The van der Waals surface area contributed by atoms with Crippen LogP contribution >= 0.6 is 11.6 Å². The summed E-state index contributed by atoms with van der Waals surface area (Å²) in [4.78, 5) is 17.3. The summed E-state index contributed by atoms with van der Waals surface area (Å²) in [6, 6.07) is 16.8. The summed E-state index contributed by atoms with van der Waals surface area (Å²) in [6.45, 7) is 2.20. The van der Waals surface area contributed by atoms with Gasteiger partial charge in [-0.3, -0.25) is 4.79 Å². The molecule has 30 heavy (non-hydrogen) atoms. The van der Waals surface area contributed by atoms with Crippen molar-refractivity contribution >= 4 is 34.7 Å². The maximum absolute atomic E-state index is 12.9. The number of ether oxygens (including phenoxy) is 1. The van der Waals surface area contributed by atoms with Crippen molar-refractivity contribution in [3.05, 3.63) is 76.9 Å². The van der Waals surface area contributed by atoms with Crippen LogP contribution in [0.1, 0.15) is 42.1 Å². The Balaban J connectivity index is 1.74. The van der Waals surface area contributed by atoms with E-state index < -0.39 is 0 Å². The number of nitrogens with one attached hydrogen (secondary N) is 2. The SMILES string of the molecule is CCCCCc1ccc(Nc2ncccc2C(=O)Nc2cc(Cl)ccc2OC)cc1. The van der Waals surface area contributed by atoms with Gasteiger partial charge in [-0.1, -0.05) is 43.5 Å². The van der Waals surface area contributed by atoms with Gasteiger partial charge in [0.15, 0.2) is 0 Å². The Bertz CT molecular complexity index is 990. The molecule has 6 heteroatoms. The number of aromatic nitrogens is 1. The van der Waals surface area contributed by atoms with E-state index >= 15 is 0 Å². The van der Waals surface area contributed by atoms with Crippen LogP contribution in [0.5, 0.6) is 5.75 Å². The lowest BCUT2D eigenvalue weighted by Gasteiger charge is -2.13. The Morgan fingerprint density at radius 2 is 1.90 bits per heavy atom. The minimum atomic E-state index is -0.303. The number of halogens is 1. The molecule has 0 aliphatic heterocycles. The number of benzene rings is 2. The Morgan fingerprint density at radius 3 is 2.63 bits per heavy atom. The van der Waals surface area contributed by atoms with E-state index in [-0.39, 0.29) is 5.91 Å². The summed E-state index contributed by atoms with van der Waals surface area (Å²) in [7, 11) is 1.54. The Morgan fingerprint density at radius 1 is 1.10 bits per heavy atom. The average Bonchev–Trinajstić information content (AvgIpc) is 2.76. The molecule has 0 aliphatic rings. The molecular formula is C24H26ClN3O2. The van der Waals surface area contributed by atoms with Crippen LogP contribution in [0, 0.1) is 0 Å². The number of nitrogens with zero attached hydrogens (tertiary/aromatic N) is 1. The first-order valence-corrected chi connectivity index (χ1v) is 10.4. The number of anilines is 3. The smallest absolute Gasteiger partial charge is 0.259 e. The van der Waals surface area contributed by atoms with Crippen LogP contribution in [-0.4, -0.2) is 18.0 Å². The highest BCUT2D eigenvalue weighted by Gasteiger charge is 2.15. The lowest BCUT2D eigenvalue weighted by Crippen LogP contribution is -2.15. The highest BCUT2D eigenvalue weighted by molar-refractivity contribution is 6.31. The second-order valence-electron chi connectivity index (χ2n) is 6.98. The van der Waals surface area contributed by atoms with E-state index in [1.54, 1.807) is 43.6 Å². The van der Waals surface area contributed by atoms with Crippen molar-refractivity contribution in [1.29, 1.82) is 0 Å². The summed E-state index contributed by atoms with van der Waals surface area (Å²) < 4.78 is 5.30. The van der Waals surface area contributed by atoms with Crippen molar-refractivity contribution in [2.75, 3.05) is 17.7 Å². The highest BCUT2D eigenvalue weighted by Crippen LogP contribution is 2.29. The van der Waals surface area contributed by atoms with E-state index in [9.17, 15) is 4.79 Å². The molecule has 0 radical (unpaired) electrons. The van der Waals surface area contributed by atoms with Crippen LogP contribution in [0.15, 0.2) is 60.8 Å². The normalized spacial score (nSPS) is 10.5. The maximum Gasteiger partial charge on any atom is 0.259 e. The van der Waals surface area contributed by atoms with Crippen molar-refractivity contribution < 1.29 is 9.53 Å². The molecule has 0 atom stereocenters. The second-order valence-corrected chi connectivity index (χ2v) is 7.41. The van der Waals surface area contributed by atoms with Crippen molar-refractivity contribution in [2.24, 2.45) is 0 Å². The third-order valence-electron chi connectivity index (χ3n) is 4.75. The molecule has 1 aromatic heterocycles. The van der Waals surface area contributed by atoms with Gasteiger partial charge in [0.05, 0.1) is 18.4 Å². The molecule has 0 aliphatic carbocycles. The van der Waals surface area contributed by atoms with Crippen LogP contribution < -0.4 is 15.4 Å². The van der Waals surface area contributed by atoms with Gasteiger partial charge in [-0.2, -0.15) is 0 Å². The van der Waals surface area contributed by atoms with Gasteiger partial charge in [-0.15, -0.1) is 0 Å². The number of carbonyl (C=O) groups excluding carboxylic acids is 1. The van der Waals surface area contributed by atoms with Gasteiger partial charge in [0.2, 0.25) is 0 Å². The van der Waals surface area contributed by atoms with Gasteiger partial charge >= 0.3 is 0 Å². The molecule has 0 spiro atoms. The zero-order chi connectivity index (χ0) is 21.3. The maximum atomic E-state index is 12.9. The zero-order valence-corrected chi connectivity index (χ0v) is 18.0. The molecule has 0 saturated heterocycles. The third kappa shape index (κ3) is 5.74. The molecule has 1 heterocycles. The predicted molar refractivity (Wildman–Crippen MR) is 123 cm³/mol. The minimum absolute atomic E-state index is 0.303. The van der Waals surface area contributed by atoms with Crippen LogP contribution in [0.2, 0.25) is 5.02 Å². The Kier molecular flexibility index (Phi) is 7.69. The van der Waals surface area contributed by atoms with Gasteiger partial charge < -0.3 is 15.4 Å². The number of pyridine rings is 1. The van der Waals surface area contributed by atoms with Gasteiger partial charge in [0, 0.05) is 16.9 Å². The fourth-order valence-electron chi connectivity index (χ4n) is 3.13. The number of unbranched alkanes of at least 4 members (excludes halogenated alkanes) is 2. The van der Waals surface area contributed by atoms with E-state index in [0.29, 0.717) is 27.8 Å². The first-order valence-electron chi connectivity index (χ1n) is 10.1. The topological polar surface area (TPSA) is 63.2 Å². The van der Waals surface area contributed by atoms with Crippen LogP contribution in [0.3, 0.4) is 0 Å². The quantitative estimate of drug-likeness (QED) is 0.387. The summed E-state index contributed by atoms with van der Waals surface area (Å²) in [5.41, 5.74) is 3.11. The molecule has 1 amide bonds. The minimum Gasteiger partial charge on any atom is -0.495 e. The molecular weight excluding hydrogens is 398 g/mol. The number of methoxy groups -OCH3 is 1. The van der Waals surface area contributed by atoms with E-state index in [1.807, 2.05) is 12.1 Å². The average molecular weight is 424 g/mol. The number of aryl methyl sites for hydroxylation is 1. The molecule has 0 unspecified atom stereocenters. The van der Waals surface area contributed by atoms with Gasteiger partial charge in [-0.25, -0.2) is 4.98 Å². The van der Waals surface area contributed by atoms with E-state index in [4.69, 9.17) is 16.3 Å². The molecule has 3 aromatic rings. The summed E-state index contributed by atoms with van der Waals surface area (Å²) in [5.74, 6) is 0.710. The summed E-state index contributed by atoms with van der Waals surface area (Å²) in [5, 5.41) is 6.61. The predicted octanol–water partition coefficient (Wildman–Crippen LogP) is 6.47. The molecule has 0 fully saturated rings. The highest BCUT2D eigenvalue weighted by atomic mass is 35.5. The lowest BCUT2D eigenvalue weighted by atomic mass is 10.1. The first kappa shape index (κ1) is 21.7.